The molecular weight excluding hydrogens is 258 g/mol. The van der Waals surface area contributed by atoms with Crippen molar-refractivity contribution in [2.45, 2.75) is 30.7 Å². The average Bonchev–Trinajstić information content (AvgIpc) is 2.79. The fourth-order valence-electron chi connectivity index (χ4n) is 1.86. The van der Waals surface area contributed by atoms with Gasteiger partial charge in [0.15, 0.2) is 5.16 Å². The predicted molar refractivity (Wildman–Crippen MR) is 81.1 cm³/mol. The Bertz CT molecular complexity index is 526. The van der Waals surface area contributed by atoms with Gasteiger partial charge in [-0.1, -0.05) is 25.6 Å². The normalized spacial score (nSPS) is 12.8. The lowest BCUT2D eigenvalue weighted by molar-refractivity contribution is 0.415. The molecule has 0 spiro atoms. The number of imidazole rings is 1. The quantitative estimate of drug-likeness (QED) is 0.604. The predicted octanol–water partition coefficient (Wildman–Crippen LogP) is 3.05. The van der Waals surface area contributed by atoms with Crippen molar-refractivity contribution in [3.63, 3.8) is 0 Å². The highest BCUT2D eigenvalue weighted by Crippen LogP contribution is 2.25. The van der Waals surface area contributed by atoms with Gasteiger partial charge in [0.05, 0.1) is 18.1 Å². The average molecular weight is 279 g/mol. The summed E-state index contributed by atoms with van der Waals surface area (Å²) < 4.78 is 5.21. The number of H-pyrrole nitrogens is 1. The molecule has 0 bridgehead atoms. The van der Waals surface area contributed by atoms with Crippen LogP contribution in [0, 0.1) is 0 Å². The number of aromatic amines is 1. The van der Waals surface area contributed by atoms with Gasteiger partial charge in [-0.3, -0.25) is 0 Å². The molecule has 0 saturated carbocycles. The molecule has 2 N–H and O–H groups in total. The zero-order valence-corrected chi connectivity index (χ0v) is 12.5. The lowest BCUT2D eigenvalue weighted by Gasteiger charge is -2.09. The lowest BCUT2D eigenvalue weighted by atomic mass is 10.3. The summed E-state index contributed by atoms with van der Waals surface area (Å²) in [4.78, 5) is 7.92. The smallest absolute Gasteiger partial charge is 0.166 e. The standard InChI is InChI=1S/C14H21N3OS/c1-4-7-15-9-10(2)19-14-16-12-6-5-11(18-3)8-13(12)17-14/h5-6,8,10,15H,4,7,9H2,1-3H3,(H,16,17). The van der Waals surface area contributed by atoms with Gasteiger partial charge < -0.3 is 15.0 Å². The van der Waals surface area contributed by atoms with Gasteiger partial charge in [0.2, 0.25) is 0 Å². The largest absolute Gasteiger partial charge is 0.497 e. The molecular formula is C14H21N3OS. The van der Waals surface area contributed by atoms with E-state index in [1.54, 1.807) is 18.9 Å². The van der Waals surface area contributed by atoms with Crippen molar-refractivity contribution in [2.75, 3.05) is 20.2 Å². The Morgan fingerprint density at radius 2 is 2.32 bits per heavy atom. The fourth-order valence-corrected chi connectivity index (χ4v) is 2.76. The summed E-state index contributed by atoms with van der Waals surface area (Å²) in [6, 6.07) is 5.89. The highest BCUT2D eigenvalue weighted by atomic mass is 32.2. The van der Waals surface area contributed by atoms with E-state index in [1.165, 1.54) is 6.42 Å². The van der Waals surface area contributed by atoms with Crippen molar-refractivity contribution in [2.24, 2.45) is 0 Å². The van der Waals surface area contributed by atoms with Crippen LogP contribution < -0.4 is 10.1 Å². The minimum atomic E-state index is 0.494. The molecule has 4 nitrogen and oxygen atoms in total. The number of thioether (sulfide) groups is 1. The Labute approximate surface area is 118 Å². The van der Waals surface area contributed by atoms with Gasteiger partial charge in [-0.15, -0.1) is 0 Å². The number of methoxy groups -OCH3 is 1. The molecule has 0 radical (unpaired) electrons. The topological polar surface area (TPSA) is 49.9 Å². The summed E-state index contributed by atoms with van der Waals surface area (Å²) in [5, 5.41) is 4.89. The molecule has 1 atom stereocenters. The van der Waals surface area contributed by atoms with Crippen LogP contribution in [0.1, 0.15) is 20.3 Å². The molecule has 0 amide bonds. The first-order valence-corrected chi connectivity index (χ1v) is 7.52. The number of hydrogen-bond acceptors (Lipinski definition) is 4. The minimum absolute atomic E-state index is 0.494. The van der Waals surface area contributed by atoms with E-state index in [1.807, 2.05) is 18.2 Å². The number of ether oxygens (including phenoxy) is 1. The first-order chi connectivity index (χ1) is 9.22. The van der Waals surface area contributed by atoms with Crippen LogP contribution >= 0.6 is 11.8 Å². The van der Waals surface area contributed by atoms with E-state index < -0.39 is 0 Å². The van der Waals surface area contributed by atoms with E-state index in [9.17, 15) is 0 Å². The molecule has 19 heavy (non-hydrogen) atoms. The molecule has 0 aliphatic carbocycles. The van der Waals surface area contributed by atoms with E-state index in [4.69, 9.17) is 4.74 Å². The first kappa shape index (κ1) is 14.2. The molecule has 0 aliphatic heterocycles. The Morgan fingerprint density at radius 1 is 1.47 bits per heavy atom. The van der Waals surface area contributed by atoms with Gasteiger partial charge in [-0.2, -0.15) is 0 Å². The Hall–Kier alpha value is -1.20. The summed E-state index contributed by atoms with van der Waals surface area (Å²) in [5.41, 5.74) is 2.01. The summed E-state index contributed by atoms with van der Waals surface area (Å²) in [6.07, 6.45) is 1.17. The number of fused-ring (bicyclic) bond motifs is 1. The number of nitrogens with one attached hydrogen (secondary N) is 2. The van der Waals surface area contributed by atoms with Gasteiger partial charge in [-0.05, 0) is 25.1 Å². The SMILES string of the molecule is CCCNCC(C)Sc1nc2ccc(OC)cc2[nH]1. The molecule has 0 aliphatic rings. The number of rotatable bonds is 7. The van der Waals surface area contributed by atoms with E-state index in [2.05, 4.69) is 29.1 Å². The Morgan fingerprint density at radius 3 is 3.05 bits per heavy atom. The number of nitrogens with zero attached hydrogens (tertiary/aromatic N) is 1. The number of aromatic nitrogens is 2. The molecule has 1 heterocycles. The van der Waals surface area contributed by atoms with Gasteiger partial charge >= 0.3 is 0 Å². The van der Waals surface area contributed by atoms with Crippen LogP contribution in [0.2, 0.25) is 0 Å². The Balaban J connectivity index is 2.00. The number of hydrogen-bond donors (Lipinski definition) is 2. The number of benzene rings is 1. The highest BCUT2D eigenvalue weighted by molar-refractivity contribution is 7.99. The second-order valence-electron chi connectivity index (χ2n) is 4.56. The maximum Gasteiger partial charge on any atom is 0.166 e. The van der Waals surface area contributed by atoms with Crippen LogP contribution in [-0.4, -0.2) is 35.4 Å². The summed E-state index contributed by atoms with van der Waals surface area (Å²) in [6.45, 7) is 6.46. The molecule has 104 valence electrons. The molecule has 1 aromatic carbocycles. The fraction of sp³-hybridized carbons (Fsp3) is 0.500. The monoisotopic (exact) mass is 279 g/mol. The summed E-state index contributed by atoms with van der Waals surface area (Å²) in [7, 11) is 1.68. The summed E-state index contributed by atoms with van der Waals surface area (Å²) >= 11 is 1.76. The zero-order valence-electron chi connectivity index (χ0n) is 11.7. The van der Waals surface area contributed by atoms with E-state index >= 15 is 0 Å². The van der Waals surface area contributed by atoms with Crippen LogP contribution in [0.5, 0.6) is 5.75 Å². The first-order valence-electron chi connectivity index (χ1n) is 6.64. The van der Waals surface area contributed by atoms with Gasteiger partial charge in [0, 0.05) is 17.9 Å². The molecule has 0 fully saturated rings. The van der Waals surface area contributed by atoms with Crippen molar-refractivity contribution in [3.8, 4) is 5.75 Å². The lowest BCUT2D eigenvalue weighted by Crippen LogP contribution is -2.23. The molecule has 1 aromatic heterocycles. The van der Waals surface area contributed by atoms with Crippen molar-refractivity contribution >= 4 is 22.8 Å². The third kappa shape index (κ3) is 3.88. The zero-order chi connectivity index (χ0) is 13.7. The maximum atomic E-state index is 5.21. The molecule has 1 unspecified atom stereocenters. The van der Waals surface area contributed by atoms with Crippen LogP contribution in [0.4, 0.5) is 0 Å². The van der Waals surface area contributed by atoms with E-state index in [0.29, 0.717) is 5.25 Å². The van der Waals surface area contributed by atoms with Crippen LogP contribution in [0.15, 0.2) is 23.4 Å². The van der Waals surface area contributed by atoms with E-state index in [0.717, 1.165) is 35.0 Å². The second-order valence-corrected chi connectivity index (χ2v) is 5.98. The molecule has 2 aromatic rings. The second kappa shape index (κ2) is 6.82. The van der Waals surface area contributed by atoms with Crippen molar-refractivity contribution in [1.82, 2.24) is 15.3 Å². The van der Waals surface area contributed by atoms with Gasteiger partial charge in [0.25, 0.3) is 0 Å². The molecule has 0 saturated heterocycles. The Kier molecular flexibility index (Phi) is 5.10. The van der Waals surface area contributed by atoms with Crippen molar-refractivity contribution < 1.29 is 4.74 Å². The third-order valence-electron chi connectivity index (χ3n) is 2.84. The van der Waals surface area contributed by atoms with Crippen molar-refractivity contribution in [3.05, 3.63) is 18.2 Å². The highest BCUT2D eigenvalue weighted by Gasteiger charge is 2.09. The maximum absolute atomic E-state index is 5.21. The van der Waals surface area contributed by atoms with Crippen LogP contribution in [0.3, 0.4) is 0 Å². The van der Waals surface area contributed by atoms with Gasteiger partial charge in [-0.25, -0.2) is 4.98 Å². The van der Waals surface area contributed by atoms with Gasteiger partial charge in [0.1, 0.15) is 5.75 Å². The van der Waals surface area contributed by atoms with Crippen LogP contribution in [-0.2, 0) is 0 Å². The van der Waals surface area contributed by atoms with Crippen LogP contribution in [0.25, 0.3) is 11.0 Å². The third-order valence-corrected chi connectivity index (χ3v) is 3.82. The summed E-state index contributed by atoms with van der Waals surface area (Å²) in [5.74, 6) is 0.852. The van der Waals surface area contributed by atoms with E-state index in [-0.39, 0.29) is 0 Å². The molecule has 2 rings (SSSR count). The van der Waals surface area contributed by atoms with Crippen molar-refractivity contribution in [1.29, 1.82) is 0 Å². The minimum Gasteiger partial charge on any atom is -0.497 e. The molecule has 5 heteroatoms.